The molecule has 0 fully saturated rings. The number of aryl methyl sites for hydroxylation is 1. The van der Waals surface area contributed by atoms with Crippen LogP contribution in [0.1, 0.15) is 17.3 Å². The van der Waals surface area contributed by atoms with Gasteiger partial charge < -0.3 is 4.57 Å². The maximum absolute atomic E-state index is 12.6. The number of rotatable bonds is 4. The van der Waals surface area contributed by atoms with Crippen molar-refractivity contribution in [2.45, 2.75) is 18.4 Å². The lowest BCUT2D eigenvalue weighted by molar-refractivity contribution is 0.0997. The van der Waals surface area contributed by atoms with Crippen molar-refractivity contribution in [3.05, 3.63) is 57.3 Å². The molecule has 142 valence electrons. The minimum atomic E-state index is -3.53. The van der Waals surface area contributed by atoms with Crippen molar-refractivity contribution in [2.75, 3.05) is 14.1 Å². The number of nitrogens with zero attached hydrogens (tertiary/aromatic N) is 3. The van der Waals surface area contributed by atoms with E-state index < -0.39 is 15.9 Å². The number of hydrogen-bond acceptors (Lipinski definition) is 4. The second kappa shape index (κ2) is 7.67. The lowest BCUT2D eigenvalue weighted by Crippen LogP contribution is -2.22. The van der Waals surface area contributed by atoms with Crippen LogP contribution in [0.4, 0.5) is 0 Å². The zero-order valence-corrected chi connectivity index (χ0v) is 18.2. The normalized spacial score (nSPS) is 12.9. The Kier molecular flexibility index (Phi) is 5.66. The number of fused-ring (bicyclic) bond motifs is 1. The SMILES string of the molecule is CCn1c(=NC(=O)c2ccc(S(=O)(=O)N(C)C)cc2)sc2cccc(Br)c21. The highest BCUT2D eigenvalue weighted by Gasteiger charge is 2.17. The molecule has 27 heavy (non-hydrogen) atoms. The van der Waals surface area contributed by atoms with E-state index in [9.17, 15) is 13.2 Å². The Bertz CT molecular complexity index is 1180. The summed E-state index contributed by atoms with van der Waals surface area (Å²) in [5.41, 5.74) is 1.34. The fraction of sp³-hybridized carbons (Fsp3) is 0.222. The van der Waals surface area contributed by atoms with E-state index in [4.69, 9.17) is 0 Å². The van der Waals surface area contributed by atoms with E-state index in [-0.39, 0.29) is 4.90 Å². The van der Waals surface area contributed by atoms with Gasteiger partial charge in [-0.1, -0.05) is 17.4 Å². The molecule has 1 aromatic heterocycles. The molecule has 0 bridgehead atoms. The molecule has 1 heterocycles. The third kappa shape index (κ3) is 3.77. The minimum absolute atomic E-state index is 0.137. The van der Waals surface area contributed by atoms with Crippen molar-refractivity contribution >= 4 is 53.4 Å². The first-order valence-electron chi connectivity index (χ1n) is 8.15. The summed E-state index contributed by atoms with van der Waals surface area (Å²) in [5, 5.41) is 0. The number of hydrogen-bond donors (Lipinski definition) is 0. The van der Waals surface area contributed by atoms with Crippen molar-refractivity contribution < 1.29 is 13.2 Å². The molecule has 0 saturated carbocycles. The van der Waals surface area contributed by atoms with Gasteiger partial charge in [0.05, 0.1) is 15.1 Å². The van der Waals surface area contributed by atoms with Crippen molar-refractivity contribution in [2.24, 2.45) is 4.99 Å². The van der Waals surface area contributed by atoms with Gasteiger partial charge in [0.15, 0.2) is 4.80 Å². The van der Waals surface area contributed by atoms with Crippen molar-refractivity contribution in [1.82, 2.24) is 8.87 Å². The molecule has 0 unspecified atom stereocenters. The Labute approximate surface area is 170 Å². The molecule has 3 rings (SSSR count). The van der Waals surface area contributed by atoms with Crippen LogP contribution in [0.3, 0.4) is 0 Å². The molecule has 1 amide bonds. The molecule has 0 atom stereocenters. The maximum atomic E-state index is 12.6. The van der Waals surface area contributed by atoms with Gasteiger partial charge in [-0.2, -0.15) is 4.99 Å². The van der Waals surface area contributed by atoms with Crippen LogP contribution in [0.2, 0.25) is 0 Å². The first kappa shape index (κ1) is 19.9. The highest BCUT2D eigenvalue weighted by Crippen LogP contribution is 2.25. The zero-order chi connectivity index (χ0) is 19.8. The van der Waals surface area contributed by atoms with Crippen LogP contribution in [0, 0.1) is 0 Å². The molecule has 0 saturated heterocycles. The molecule has 0 aliphatic rings. The van der Waals surface area contributed by atoms with Crippen LogP contribution < -0.4 is 4.80 Å². The molecule has 0 aliphatic carbocycles. The summed E-state index contributed by atoms with van der Waals surface area (Å²) in [4.78, 5) is 17.6. The number of para-hydroxylation sites is 1. The minimum Gasteiger partial charge on any atom is -0.316 e. The number of amides is 1. The number of halogens is 1. The topological polar surface area (TPSA) is 71.7 Å². The molecule has 0 aliphatic heterocycles. The van der Waals surface area contributed by atoms with Crippen LogP contribution >= 0.6 is 27.3 Å². The third-order valence-corrected chi connectivity index (χ3v) is 7.56. The first-order valence-corrected chi connectivity index (χ1v) is 11.2. The largest absolute Gasteiger partial charge is 0.316 e. The molecule has 0 spiro atoms. The number of sulfonamides is 1. The highest BCUT2D eigenvalue weighted by atomic mass is 79.9. The Morgan fingerprint density at radius 2 is 1.85 bits per heavy atom. The van der Waals surface area contributed by atoms with E-state index in [0.29, 0.717) is 16.9 Å². The number of benzene rings is 2. The number of aromatic nitrogens is 1. The highest BCUT2D eigenvalue weighted by molar-refractivity contribution is 9.10. The average molecular weight is 468 g/mol. The van der Waals surface area contributed by atoms with E-state index in [1.54, 1.807) is 0 Å². The number of carbonyl (C=O) groups excluding carboxylic acids is 1. The standard InChI is InChI=1S/C18H18BrN3O3S2/c1-4-22-16-14(19)6-5-7-15(16)26-18(22)20-17(23)12-8-10-13(11-9-12)27(24,25)21(2)3/h5-11H,4H2,1-3H3. The lowest BCUT2D eigenvalue weighted by atomic mass is 10.2. The average Bonchev–Trinajstić information content (AvgIpc) is 3.00. The smallest absolute Gasteiger partial charge is 0.279 e. The summed E-state index contributed by atoms with van der Waals surface area (Å²) in [5.74, 6) is -0.409. The number of thiazole rings is 1. The summed E-state index contributed by atoms with van der Waals surface area (Å²) in [7, 11) is -0.597. The van der Waals surface area contributed by atoms with E-state index in [1.807, 2.05) is 29.7 Å². The summed E-state index contributed by atoms with van der Waals surface area (Å²) in [6.07, 6.45) is 0. The van der Waals surface area contributed by atoms with E-state index in [1.165, 1.54) is 49.7 Å². The number of carbonyl (C=O) groups is 1. The lowest BCUT2D eigenvalue weighted by Gasteiger charge is -2.11. The van der Waals surface area contributed by atoms with Gasteiger partial charge in [0.2, 0.25) is 10.0 Å². The molecular weight excluding hydrogens is 450 g/mol. The van der Waals surface area contributed by atoms with E-state index in [2.05, 4.69) is 20.9 Å². The quantitative estimate of drug-likeness (QED) is 0.589. The van der Waals surface area contributed by atoms with E-state index in [0.717, 1.165) is 19.0 Å². The van der Waals surface area contributed by atoms with Gasteiger partial charge in [0, 0.05) is 30.7 Å². The summed E-state index contributed by atoms with van der Waals surface area (Å²) in [6, 6.07) is 11.7. The van der Waals surface area contributed by atoms with E-state index >= 15 is 0 Å². The summed E-state index contributed by atoms with van der Waals surface area (Å²) >= 11 is 4.99. The van der Waals surface area contributed by atoms with Crippen LogP contribution in [0.25, 0.3) is 10.2 Å². The van der Waals surface area contributed by atoms with Gasteiger partial charge in [-0.3, -0.25) is 4.79 Å². The van der Waals surface area contributed by atoms with Gasteiger partial charge in [-0.05, 0) is 59.3 Å². The van der Waals surface area contributed by atoms with Gasteiger partial charge in [-0.25, -0.2) is 12.7 Å². The monoisotopic (exact) mass is 467 g/mol. The van der Waals surface area contributed by atoms with Crippen molar-refractivity contribution in [3.8, 4) is 0 Å². The van der Waals surface area contributed by atoms with Gasteiger partial charge in [0.1, 0.15) is 0 Å². The van der Waals surface area contributed by atoms with Crippen LogP contribution in [0.15, 0.2) is 56.8 Å². The van der Waals surface area contributed by atoms with Crippen LogP contribution in [-0.4, -0.2) is 37.3 Å². The third-order valence-electron chi connectivity index (χ3n) is 4.05. The maximum Gasteiger partial charge on any atom is 0.279 e. The zero-order valence-electron chi connectivity index (χ0n) is 15.0. The molecule has 0 N–H and O–H groups in total. The van der Waals surface area contributed by atoms with Crippen LogP contribution in [0.5, 0.6) is 0 Å². The first-order chi connectivity index (χ1) is 12.8. The summed E-state index contributed by atoms with van der Waals surface area (Å²) < 4.78 is 29.4. The van der Waals surface area contributed by atoms with Crippen LogP contribution in [-0.2, 0) is 16.6 Å². The Morgan fingerprint density at radius 3 is 2.44 bits per heavy atom. The van der Waals surface area contributed by atoms with Crippen molar-refractivity contribution in [1.29, 1.82) is 0 Å². The van der Waals surface area contributed by atoms with Gasteiger partial charge in [-0.15, -0.1) is 0 Å². The Hall–Kier alpha value is -1.81. The molecule has 6 nitrogen and oxygen atoms in total. The molecule has 2 aromatic carbocycles. The molecule has 0 radical (unpaired) electrons. The molecule has 9 heteroatoms. The Morgan fingerprint density at radius 1 is 1.19 bits per heavy atom. The fourth-order valence-electron chi connectivity index (χ4n) is 2.60. The molecular formula is C18H18BrN3O3S2. The van der Waals surface area contributed by atoms with Crippen molar-refractivity contribution in [3.63, 3.8) is 0 Å². The predicted molar refractivity (Wildman–Crippen MR) is 110 cm³/mol. The summed E-state index contributed by atoms with van der Waals surface area (Å²) in [6.45, 7) is 2.67. The predicted octanol–water partition coefficient (Wildman–Crippen LogP) is 3.48. The second-order valence-electron chi connectivity index (χ2n) is 5.94. The molecule has 3 aromatic rings. The van der Waals surface area contributed by atoms with Gasteiger partial charge >= 0.3 is 0 Å². The fourth-order valence-corrected chi connectivity index (χ4v) is 5.33. The Balaban J connectivity index is 2.03. The van der Waals surface area contributed by atoms with Gasteiger partial charge in [0.25, 0.3) is 5.91 Å². The second-order valence-corrected chi connectivity index (χ2v) is 9.96.